The van der Waals surface area contributed by atoms with Crippen molar-refractivity contribution < 1.29 is 34.1 Å². The SMILES string of the molecule is CCCCCCC(=O)OC(C)OC(=O)N[C@H](CO)C(=O)O. The van der Waals surface area contributed by atoms with E-state index in [1.165, 1.54) is 6.92 Å². The first-order chi connectivity index (χ1) is 9.90. The molecule has 0 bridgehead atoms. The van der Waals surface area contributed by atoms with Gasteiger partial charge in [0.05, 0.1) is 6.61 Å². The fraction of sp³-hybridized carbons (Fsp3) is 0.769. The van der Waals surface area contributed by atoms with Crippen LogP contribution < -0.4 is 5.32 Å². The third-order valence-corrected chi connectivity index (χ3v) is 2.58. The monoisotopic (exact) mass is 305 g/mol. The number of carbonyl (C=O) groups is 3. The predicted molar refractivity (Wildman–Crippen MR) is 72.4 cm³/mol. The molecule has 122 valence electrons. The number of hydrogen-bond donors (Lipinski definition) is 3. The molecule has 0 aliphatic heterocycles. The second-order valence-corrected chi connectivity index (χ2v) is 4.49. The van der Waals surface area contributed by atoms with Crippen molar-refractivity contribution in [1.82, 2.24) is 5.32 Å². The van der Waals surface area contributed by atoms with Crippen LogP contribution in [0.4, 0.5) is 4.79 Å². The Hall–Kier alpha value is -1.83. The van der Waals surface area contributed by atoms with E-state index in [1.807, 2.05) is 5.32 Å². The van der Waals surface area contributed by atoms with Gasteiger partial charge in [-0.05, 0) is 6.42 Å². The highest BCUT2D eigenvalue weighted by molar-refractivity contribution is 5.80. The largest absolute Gasteiger partial charge is 0.480 e. The number of carboxylic acid groups (broad SMARTS) is 1. The molecule has 21 heavy (non-hydrogen) atoms. The maximum absolute atomic E-state index is 11.4. The molecule has 2 atom stereocenters. The van der Waals surface area contributed by atoms with Gasteiger partial charge >= 0.3 is 18.0 Å². The number of nitrogens with one attached hydrogen (secondary N) is 1. The van der Waals surface area contributed by atoms with Crippen molar-refractivity contribution in [2.24, 2.45) is 0 Å². The molecule has 0 heterocycles. The topological polar surface area (TPSA) is 122 Å². The van der Waals surface area contributed by atoms with E-state index in [-0.39, 0.29) is 6.42 Å². The Morgan fingerprint density at radius 1 is 1.14 bits per heavy atom. The number of aliphatic carboxylic acids is 1. The van der Waals surface area contributed by atoms with Gasteiger partial charge in [0.15, 0.2) is 6.04 Å². The van der Waals surface area contributed by atoms with Gasteiger partial charge in [-0.2, -0.15) is 0 Å². The average Bonchev–Trinajstić information content (AvgIpc) is 2.40. The van der Waals surface area contributed by atoms with Crippen molar-refractivity contribution in [3.8, 4) is 0 Å². The van der Waals surface area contributed by atoms with E-state index in [0.717, 1.165) is 19.3 Å². The molecule has 0 aliphatic carbocycles. The molecule has 0 rings (SSSR count). The van der Waals surface area contributed by atoms with E-state index >= 15 is 0 Å². The summed E-state index contributed by atoms with van der Waals surface area (Å²) >= 11 is 0. The first-order valence-electron chi connectivity index (χ1n) is 6.91. The van der Waals surface area contributed by atoms with Crippen LogP contribution in [0.5, 0.6) is 0 Å². The van der Waals surface area contributed by atoms with E-state index in [4.69, 9.17) is 14.9 Å². The number of ether oxygens (including phenoxy) is 2. The third-order valence-electron chi connectivity index (χ3n) is 2.58. The Morgan fingerprint density at radius 3 is 2.33 bits per heavy atom. The lowest BCUT2D eigenvalue weighted by Crippen LogP contribution is -2.44. The lowest BCUT2D eigenvalue weighted by atomic mass is 10.2. The smallest absolute Gasteiger partial charge is 0.411 e. The minimum Gasteiger partial charge on any atom is -0.480 e. The number of alkyl carbamates (subject to hydrolysis) is 1. The van der Waals surface area contributed by atoms with E-state index in [9.17, 15) is 14.4 Å². The second kappa shape index (κ2) is 10.9. The Morgan fingerprint density at radius 2 is 1.81 bits per heavy atom. The Kier molecular flexibility index (Phi) is 9.95. The van der Waals surface area contributed by atoms with Crippen LogP contribution in [0.1, 0.15) is 46.0 Å². The maximum Gasteiger partial charge on any atom is 0.411 e. The minimum absolute atomic E-state index is 0.240. The molecule has 0 spiro atoms. The summed E-state index contributed by atoms with van der Waals surface area (Å²) in [4.78, 5) is 33.3. The number of unbranched alkanes of at least 4 members (excludes halogenated alkanes) is 3. The summed E-state index contributed by atoms with van der Waals surface area (Å²) in [6, 6.07) is -1.46. The van der Waals surface area contributed by atoms with Crippen LogP contribution in [0.15, 0.2) is 0 Å². The van der Waals surface area contributed by atoms with Gasteiger partial charge in [0.2, 0.25) is 6.29 Å². The maximum atomic E-state index is 11.4. The van der Waals surface area contributed by atoms with Crippen molar-refractivity contribution in [2.75, 3.05) is 6.61 Å². The molecule has 0 radical (unpaired) electrons. The number of aliphatic hydroxyl groups is 1. The summed E-state index contributed by atoms with van der Waals surface area (Å²) in [7, 11) is 0. The lowest BCUT2D eigenvalue weighted by molar-refractivity contribution is -0.165. The number of carbonyl (C=O) groups excluding carboxylic acids is 2. The van der Waals surface area contributed by atoms with Gasteiger partial charge in [0.25, 0.3) is 0 Å². The minimum atomic E-state index is -1.46. The predicted octanol–water partition coefficient (Wildman–Crippen LogP) is 1.02. The van der Waals surface area contributed by atoms with Crippen molar-refractivity contribution >= 4 is 18.0 Å². The molecule has 8 heteroatoms. The highest BCUT2D eigenvalue weighted by Crippen LogP contribution is 2.05. The number of hydrogen-bond acceptors (Lipinski definition) is 6. The highest BCUT2D eigenvalue weighted by Gasteiger charge is 2.21. The van der Waals surface area contributed by atoms with Crippen molar-refractivity contribution in [3.05, 3.63) is 0 Å². The Labute approximate surface area is 123 Å². The highest BCUT2D eigenvalue weighted by atomic mass is 16.7. The first kappa shape index (κ1) is 19.2. The quantitative estimate of drug-likeness (QED) is 0.313. The van der Waals surface area contributed by atoms with Crippen LogP contribution in [0.25, 0.3) is 0 Å². The normalized spacial score (nSPS) is 13.1. The van der Waals surface area contributed by atoms with Crippen LogP contribution in [-0.2, 0) is 19.1 Å². The molecular formula is C13H23NO7. The fourth-order valence-corrected chi connectivity index (χ4v) is 1.48. The second-order valence-electron chi connectivity index (χ2n) is 4.49. The van der Waals surface area contributed by atoms with Gasteiger partial charge < -0.3 is 25.0 Å². The van der Waals surface area contributed by atoms with Gasteiger partial charge in [-0.1, -0.05) is 26.2 Å². The van der Waals surface area contributed by atoms with Crippen LogP contribution in [-0.4, -0.2) is 47.2 Å². The zero-order chi connectivity index (χ0) is 16.3. The van der Waals surface area contributed by atoms with Crippen LogP contribution >= 0.6 is 0 Å². The standard InChI is InChI=1S/C13H23NO7/c1-3-4-5-6-7-11(16)20-9(2)21-13(19)14-10(8-15)12(17)18/h9-10,15H,3-8H2,1-2H3,(H,14,19)(H,17,18)/t9?,10-/m1/s1. The molecule has 0 saturated heterocycles. The van der Waals surface area contributed by atoms with Crippen LogP contribution in [0.3, 0.4) is 0 Å². The summed E-state index contributed by atoms with van der Waals surface area (Å²) < 4.78 is 9.51. The zero-order valence-electron chi connectivity index (χ0n) is 12.3. The zero-order valence-corrected chi connectivity index (χ0v) is 12.3. The first-order valence-corrected chi connectivity index (χ1v) is 6.91. The third kappa shape index (κ3) is 9.67. The Balaban J connectivity index is 3.96. The summed E-state index contributed by atoms with van der Waals surface area (Å²) in [6.07, 6.45) is 1.77. The molecule has 1 amide bonds. The van der Waals surface area contributed by atoms with Gasteiger partial charge in [0, 0.05) is 13.3 Å². The molecule has 8 nitrogen and oxygen atoms in total. The molecule has 0 fully saturated rings. The van der Waals surface area contributed by atoms with E-state index in [2.05, 4.69) is 11.7 Å². The molecular weight excluding hydrogens is 282 g/mol. The average molecular weight is 305 g/mol. The molecule has 0 aromatic carbocycles. The molecule has 0 aliphatic rings. The molecule has 3 N–H and O–H groups in total. The summed E-state index contributed by atoms with van der Waals surface area (Å²) in [5.74, 6) is -1.88. The van der Waals surface area contributed by atoms with Crippen LogP contribution in [0.2, 0.25) is 0 Å². The lowest BCUT2D eigenvalue weighted by Gasteiger charge is -2.16. The van der Waals surface area contributed by atoms with E-state index in [1.54, 1.807) is 0 Å². The van der Waals surface area contributed by atoms with Gasteiger partial charge in [-0.3, -0.25) is 4.79 Å². The number of esters is 1. The molecule has 0 aromatic heterocycles. The van der Waals surface area contributed by atoms with Crippen molar-refractivity contribution in [3.63, 3.8) is 0 Å². The number of aliphatic hydroxyl groups excluding tert-OH is 1. The van der Waals surface area contributed by atoms with Crippen molar-refractivity contribution in [2.45, 2.75) is 58.3 Å². The van der Waals surface area contributed by atoms with Gasteiger partial charge in [0.1, 0.15) is 0 Å². The van der Waals surface area contributed by atoms with Gasteiger partial charge in [-0.15, -0.1) is 0 Å². The number of rotatable bonds is 10. The molecule has 1 unspecified atom stereocenters. The van der Waals surface area contributed by atoms with Crippen LogP contribution in [0, 0.1) is 0 Å². The van der Waals surface area contributed by atoms with E-state index < -0.39 is 37.0 Å². The summed E-state index contributed by atoms with van der Waals surface area (Å²) in [5.41, 5.74) is 0. The number of amides is 1. The molecule has 0 aromatic rings. The number of carboxylic acids is 1. The van der Waals surface area contributed by atoms with E-state index in [0.29, 0.717) is 6.42 Å². The van der Waals surface area contributed by atoms with Crippen molar-refractivity contribution in [1.29, 1.82) is 0 Å². The Bertz CT molecular complexity index is 345. The fourth-order valence-electron chi connectivity index (χ4n) is 1.48. The summed E-state index contributed by atoms with van der Waals surface area (Å²) in [6.45, 7) is 2.64. The molecule has 0 saturated carbocycles. The van der Waals surface area contributed by atoms with Gasteiger partial charge in [-0.25, -0.2) is 9.59 Å². The summed E-state index contributed by atoms with van der Waals surface area (Å²) in [5, 5.41) is 19.3.